The molecule has 0 amide bonds. The molecule has 0 bridgehead atoms. The fourth-order valence-corrected chi connectivity index (χ4v) is 4.46. The molecular weight excluding hydrogens is 428 g/mol. The van der Waals surface area contributed by atoms with Gasteiger partial charge in [0.25, 0.3) is 0 Å². The van der Waals surface area contributed by atoms with E-state index in [1.165, 1.54) is 0 Å². The van der Waals surface area contributed by atoms with Gasteiger partial charge in [-0.2, -0.15) is 11.8 Å². The van der Waals surface area contributed by atoms with Gasteiger partial charge in [-0.05, 0) is 48.8 Å². The van der Waals surface area contributed by atoms with E-state index in [0.29, 0.717) is 36.5 Å². The second-order valence-corrected chi connectivity index (χ2v) is 9.11. The Morgan fingerprint density at radius 3 is 2.47 bits per heavy atom. The van der Waals surface area contributed by atoms with E-state index < -0.39 is 5.60 Å². The quantitative estimate of drug-likeness (QED) is 0.480. The Kier molecular flexibility index (Phi) is 6.65. The van der Waals surface area contributed by atoms with Crippen LogP contribution in [0, 0.1) is 0 Å². The standard InChI is InChI=1S/C25H28O6S/c1-28-21-10-8-19(16-5-4-6-18-17(16)7-9-20(18)26)23(24(21)29-2)30-15-25(12-13-25)31-22(27)11-14-32-3/h4-6,8,10H,7,9,11-15H2,1-3H3. The molecule has 0 heterocycles. The highest BCUT2D eigenvalue weighted by Gasteiger charge is 2.48. The van der Waals surface area contributed by atoms with Gasteiger partial charge in [0.1, 0.15) is 12.2 Å². The lowest BCUT2D eigenvalue weighted by molar-refractivity contribution is -0.152. The van der Waals surface area contributed by atoms with Crippen LogP contribution < -0.4 is 14.2 Å². The zero-order valence-corrected chi connectivity index (χ0v) is 19.5. The van der Waals surface area contributed by atoms with Crippen molar-refractivity contribution in [2.75, 3.05) is 32.8 Å². The van der Waals surface area contributed by atoms with Crippen molar-refractivity contribution in [1.29, 1.82) is 0 Å². The molecule has 170 valence electrons. The molecule has 2 aromatic rings. The lowest BCUT2D eigenvalue weighted by Crippen LogP contribution is -2.27. The summed E-state index contributed by atoms with van der Waals surface area (Å²) in [6, 6.07) is 9.54. The van der Waals surface area contributed by atoms with E-state index in [1.54, 1.807) is 26.0 Å². The monoisotopic (exact) mass is 456 g/mol. The third-order valence-electron chi connectivity index (χ3n) is 6.00. The van der Waals surface area contributed by atoms with Gasteiger partial charge in [0.05, 0.1) is 20.6 Å². The number of ether oxygens (including phenoxy) is 4. The summed E-state index contributed by atoms with van der Waals surface area (Å²) >= 11 is 1.62. The summed E-state index contributed by atoms with van der Waals surface area (Å²) in [7, 11) is 3.15. The van der Waals surface area contributed by atoms with Gasteiger partial charge in [0, 0.05) is 23.3 Å². The van der Waals surface area contributed by atoms with Gasteiger partial charge in [0.2, 0.25) is 5.75 Å². The maximum absolute atomic E-state index is 12.3. The number of rotatable bonds is 10. The van der Waals surface area contributed by atoms with E-state index in [-0.39, 0.29) is 18.4 Å². The lowest BCUT2D eigenvalue weighted by atomic mass is 9.95. The molecule has 0 atom stereocenters. The number of benzene rings is 2. The van der Waals surface area contributed by atoms with E-state index in [4.69, 9.17) is 18.9 Å². The molecule has 32 heavy (non-hydrogen) atoms. The Morgan fingerprint density at radius 1 is 1.00 bits per heavy atom. The number of hydrogen-bond donors (Lipinski definition) is 0. The van der Waals surface area contributed by atoms with E-state index in [0.717, 1.165) is 40.8 Å². The first kappa shape index (κ1) is 22.5. The second-order valence-electron chi connectivity index (χ2n) is 8.12. The Hall–Kier alpha value is -2.67. The minimum Gasteiger partial charge on any atom is -0.493 e. The van der Waals surface area contributed by atoms with E-state index >= 15 is 0 Å². The third kappa shape index (κ3) is 4.44. The molecule has 2 aliphatic rings. The highest BCUT2D eigenvalue weighted by molar-refractivity contribution is 7.98. The lowest BCUT2D eigenvalue weighted by Gasteiger charge is -2.22. The Labute approximate surface area is 192 Å². The molecule has 7 heteroatoms. The summed E-state index contributed by atoms with van der Waals surface area (Å²) in [5.41, 5.74) is 2.99. The zero-order chi connectivity index (χ0) is 22.7. The predicted molar refractivity (Wildman–Crippen MR) is 124 cm³/mol. The number of ketones is 1. The molecular formula is C25H28O6S. The molecule has 6 nitrogen and oxygen atoms in total. The minimum absolute atomic E-state index is 0.166. The summed E-state index contributed by atoms with van der Waals surface area (Å²) in [6.45, 7) is 0.239. The molecule has 0 saturated heterocycles. The van der Waals surface area contributed by atoms with Gasteiger partial charge in [-0.3, -0.25) is 9.59 Å². The van der Waals surface area contributed by atoms with Crippen LogP contribution in [0.1, 0.15) is 41.6 Å². The number of thioether (sulfide) groups is 1. The summed E-state index contributed by atoms with van der Waals surface area (Å²) in [5, 5.41) is 0. The van der Waals surface area contributed by atoms with Crippen LogP contribution in [0.15, 0.2) is 30.3 Å². The number of methoxy groups -OCH3 is 2. The highest BCUT2D eigenvalue weighted by Crippen LogP contribution is 2.48. The first-order chi connectivity index (χ1) is 15.5. The molecule has 0 aromatic heterocycles. The number of hydrogen-bond acceptors (Lipinski definition) is 7. The zero-order valence-electron chi connectivity index (χ0n) is 18.7. The van der Waals surface area contributed by atoms with Gasteiger partial charge in [0.15, 0.2) is 17.3 Å². The van der Waals surface area contributed by atoms with Gasteiger partial charge in [-0.1, -0.05) is 18.2 Å². The van der Waals surface area contributed by atoms with Crippen molar-refractivity contribution in [3.8, 4) is 28.4 Å². The Morgan fingerprint density at radius 2 is 1.78 bits per heavy atom. The van der Waals surface area contributed by atoms with Crippen molar-refractivity contribution in [3.05, 3.63) is 41.5 Å². The van der Waals surface area contributed by atoms with Crippen molar-refractivity contribution in [1.82, 2.24) is 0 Å². The fourth-order valence-electron chi connectivity index (χ4n) is 4.09. The van der Waals surface area contributed by atoms with Crippen molar-refractivity contribution in [2.24, 2.45) is 0 Å². The van der Waals surface area contributed by atoms with Crippen molar-refractivity contribution < 1.29 is 28.5 Å². The number of esters is 1. The van der Waals surface area contributed by atoms with Gasteiger partial charge in [-0.15, -0.1) is 0 Å². The highest BCUT2D eigenvalue weighted by atomic mass is 32.2. The van der Waals surface area contributed by atoms with Crippen LogP contribution in [-0.4, -0.2) is 50.2 Å². The van der Waals surface area contributed by atoms with E-state index in [1.807, 2.05) is 36.6 Å². The van der Waals surface area contributed by atoms with Gasteiger partial charge in [-0.25, -0.2) is 0 Å². The Bertz CT molecular complexity index is 1030. The molecule has 4 rings (SSSR count). The van der Waals surface area contributed by atoms with Crippen molar-refractivity contribution in [2.45, 2.75) is 37.7 Å². The predicted octanol–water partition coefficient (Wildman–Crippen LogP) is 4.71. The first-order valence-electron chi connectivity index (χ1n) is 10.8. The molecule has 1 fully saturated rings. The van der Waals surface area contributed by atoms with Crippen molar-refractivity contribution in [3.63, 3.8) is 0 Å². The van der Waals surface area contributed by atoms with Crippen LogP contribution in [0.3, 0.4) is 0 Å². The maximum Gasteiger partial charge on any atom is 0.307 e. The second kappa shape index (κ2) is 9.45. The van der Waals surface area contributed by atoms with Gasteiger partial charge >= 0.3 is 5.97 Å². The van der Waals surface area contributed by atoms with Crippen LogP contribution in [0.2, 0.25) is 0 Å². The first-order valence-corrected chi connectivity index (χ1v) is 12.2. The molecule has 0 aliphatic heterocycles. The number of Topliss-reactive ketones (excluding diaryl/α,β-unsaturated/α-hetero) is 1. The van der Waals surface area contributed by atoms with Crippen LogP contribution in [-0.2, 0) is 16.0 Å². The molecule has 2 aliphatic carbocycles. The number of carbonyl (C=O) groups excluding carboxylic acids is 2. The van der Waals surface area contributed by atoms with E-state index in [9.17, 15) is 9.59 Å². The molecule has 0 radical (unpaired) electrons. The maximum atomic E-state index is 12.3. The fraction of sp³-hybridized carbons (Fsp3) is 0.440. The molecule has 0 unspecified atom stereocenters. The molecule has 0 spiro atoms. The smallest absolute Gasteiger partial charge is 0.307 e. The Balaban J connectivity index is 1.66. The SMILES string of the molecule is COc1ccc(-c2cccc3c2CCC3=O)c(OCC2(OC(=O)CCSC)CC2)c1OC. The number of carbonyl (C=O) groups is 2. The average Bonchev–Trinajstić information content (AvgIpc) is 3.47. The molecule has 2 aromatic carbocycles. The van der Waals surface area contributed by atoms with Crippen LogP contribution in [0.25, 0.3) is 11.1 Å². The van der Waals surface area contributed by atoms with Crippen LogP contribution in [0.5, 0.6) is 17.2 Å². The topological polar surface area (TPSA) is 71.1 Å². The summed E-state index contributed by atoms with van der Waals surface area (Å²) in [5.74, 6) is 2.28. The number of fused-ring (bicyclic) bond motifs is 1. The third-order valence-corrected chi connectivity index (χ3v) is 6.61. The van der Waals surface area contributed by atoms with Crippen LogP contribution >= 0.6 is 11.8 Å². The van der Waals surface area contributed by atoms with E-state index in [2.05, 4.69) is 0 Å². The molecule has 0 N–H and O–H groups in total. The summed E-state index contributed by atoms with van der Waals surface area (Å²) in [6.07, 6.45) is 5.12. The summed E-state index contributed by atoms with van der Waals surface area (Å²) < 4.78 is 23.2. The summed E-state index contributed by atoms with van der Waals surface area (Å²) in [4.78, 5) is 24.4. The van der Waals surface area contributed by atoms with Crippen LogP contribution in [0.4, 0.5) is 0 Å². The minimum atomic E-state index is -0.588. The molecule has 1 saturated carbocycles. The van der Waals surface area contributed by atoms with Crippen molar-refractivity contribution >= 4 is 23.5 Å². The van der Waals surface area contributed by atoms with Gasteiger partial charge < -0.3 is 18.9 Å². The largest absolute Gasteiger partial charge is 0.493 e. The normalized spacial score (nSPS) is 15.8. The average molecular weight is 457 g/mol.